The van der Waals surface area contributed by atoms with Gasteiger partial charge in [0.05, 0.1) is 30.2 Å². The molecule has 1 amide bonds. The molecule has 6 nitrogen and oxygen atoms in total. The van der Waals surface area contributed by atoms with Crippen molar-refractivity contribution in [2.45, 2.75) is 0 Å². The number of ether oxygens (including phenoxy) is 1. The number of rotatable bonds is 5. The molecule has 0 fully saturated rings. The van der Waals surface area contributed by atoms with E-state index in [4.69, 9.17) is 10.00 Å². The minimum Gasteiger partial charge on any atom is -0.497 e. The topological polar surface area (TPSA) is 87.0 Å². The normalized spacial score (nSPS) is 9.85. The lowest BCUT2D eigenvalue weighted by Gasteiger charge is -2.09. The van der Waals surface area contributed by atoms with E-state index in [1.165, 1.54) is 0 Å². The first-order chi connectivity index (χ1) is 12.7. The van der Waals surface area contributed by atoms with Crippen LogP contribution in [0, 0.1) is 11.3 Å². The first-order valence-corrected chi connectivity index (χ1v) is 7.87. The Morgan fingerprint density at radius 2 is 1.96 bits per heavy atom. The third-order valence-corrected chi connectivity index (χ3v) is 3.66. The summed E-state index contributed by atoms with van der Waals surface area (Å²) in [4.78, 5) is 16.6. The van der Waals surface area contributed by atoms with Gasteiger partial charge in [-0.3, -0.25) is 4.79 Å². The summed E-state index contributed by atoms with van der Waals surface area (Å²) in [6.07, 6.45) is 1.55. The zero-order valence-corrected chi connectivity index (χ0v) is 14.1. The van der Waals surface area contributed by atoms with E-state index in [0.29, 0.717) is 34.1 Å². The average Bonchev–Trinajstić information content (AvgIpc) is 2.70. The molecular formula is C20H16N4O2. The Balaban J connectivity index is 1.69. The van der Waals surface area contributed by atoms with Crippen molar-refractivity contribution >= 4 is 23.1 Å². The van der Waals surface area contributed by atoms with Crippen LogP contribution in [0.5, 0.6) is 5.75 Å². The van der Waals surface area contributed by atoms with Crippen molar-refractivity contribution in [3.05, 3.63) is 78.0 Å². The molecule has 0 spiro atoms. The summed E-state index contributed by atoms with van der Waals surface area (Å²) in [6, 6.07) is 19.7. The van der Waals surface area contributed by atoms with Gasteiger partial charge in [-0.1, -0.05) is 18.2 Å². The van der Waals surface area contributed by atoms with Crippen molar-refractivity contribution in [1.29, 1.82) is 5.26 Å². The Kier molecular flexibility index (Phi) is 5.11. The van der Waals surface area contributed by atoms with Crippen LogP contribution in [-0.4, -0.2) is 18.0 Å². The molecule has 0 saturated heterocycles. The highest BCUT2D eigenvalue weighted by molar-refractivity contribution is 6.04. The van der Waals surface area contributed by atoms with Gasteiger partial charge in [0, 0.05) is 5.56 Å². The average molecular weight is 344 g/mol. The van der Waals surface area contributed by atoms with Crippen LogP contribution in [0.15, 0.2) is 66.9 Å². The summed E-state index contributed by atoms with van der Waals surface area (Å²) < 4.78 is 5.12. The molecule has 0 atom stereocenters. The van der Waals surface area contributed by atoms with E-state index in [-0.39, 0.29) is 5.91 Å². The number of para-hydroxylation sites is 1. The van der Waals surface area contributed by atoms with Crippen LogP contribution in [0.4, 0.5) is 17.2 Å². The number of pyridine rings is 1. The zero-order chi connectivity index (χ0) is 18.4. The minimum atomic E-state index is -0.249. The predicted molar refractivity (Wildman–Crippen MR) is 99.6 cm³/mol. The number of nitrogens with zero attached hydrogens (tertiary/aromatic N) is 2. The highest BCUT2D eigenvalue weighted by atomic mass is 16.5. The van der Waals surface area contributed by atoms with Gasteiger partial charge in [0.25, 0.3) is 5.91 Å². The number of nitrogens with one attached hydrogen (secondary N) is 2. The number of carbonyl (C=O) groups is 1. The zero-order valence-electron chi connectivity index (χ0n) is 14.1. The standard InChI is InChI=1S/C20H16N4O2/c1-26-17-7-4-6-14(11-17)20(25)23-16-9-10-19(22-13-16)24-18-8-3-2-5-15(18)12-21/h2-11,13H,1H3,(H,22,24)(H,23,25). The number of nitriles is 1. The Labute approximate surface area is 151 Å². The lowest BCUT2D eigenvalue weighted by atomic mass is 10.2. The van der Waals surface area contributed by atoms with Crippen LogP contribution in [0.1, 0.15) is 15.9 Å². The van der Waals surface area contributed by atoms with E-state index >= 15 is 0 Å². The van der Waals surface area contributed by atoms with Crippen molar-refractivity contribution in [2.24, 2.45) is 0 Å². The van der Waals surface area contributed by atoms with Crippen molar-refractivity contribution in [3.8, 4) is 11.8 Å². The molecule has 2 aromatic carbocycles. The molecule has 3 aromatic rings. The van der Waals surface area contributed by atoms with Gasteiger partial charge in [0.15, 0.2) is 0 Å². The van der Waals surface area contributed by atoms with E-state index in [1.54, 1.807) is 67.9 Å². The lowest BCUT2D eigenvalue weighted by Crippen LogP contribution is -2.12. The number of aromatic nitrogens is 1. The molecule has 0 radical (unpaired) electrons. The fourth-order valence-corrected chi connectivity index (χ4v) is 2.34. The Morgan fingerprint density at radius 3 is 2.69 bits per heavy atom. The third-order valence-electron chi connectivity index (χ3n) is 3.66. The highest BCUT2D eigenvalue weighted by Crippen LogP contribution is 2.20. The number of methoxy groups -OCH3 is 1. The molecule has 0 bridgehead atoms. The third kappa shape index (κ3) is 3.97. The van der Waals surface area contributed by atoms with Crippen LogP contribution < -0.4 is 15.4 Å². The molecule has 128 valence electrons. The van der Waals surface area contributed by atoms with Gasteiger partial charge < -0.3 is 15.4 Å². The number of amides is 1. The highest BCUT2D eigenvalue weighted by Gasteiger charge is 2.08. The summed E-state index contributed by atoms with van der Waals surface area (Å²) in [5.41, 5.74) is 2.27. The van der Waals surface area contributed by atoms with Gasteiger partial charge in [0.2, 0.25) is 0 Å². The summed E-state index contributed by atoms with van der Waals surface area (Å²) in [5.74, 6) is 0.944. The van der Waals surface area contributed by atoms with Crippen molar-refractivity contribution < 1.29 is 9.53 Å². The van der Waals surface area contributed by atoms with E-state index in [2.05, 4.69) is 21.7 Å². The van der Waals surface area contributed by atoms with Gasteiger partial charge >= 0.3 is 0 Å². The number of benzene rings is 2. The molecule has 26 heavy (non-hydrogen) atoms. The first-order valence-electron chi connectivity index (χ1n) is 7.87. The molecule has 1 aromatic heterocycles. The van der Waals surface area contributed by atoms with Gasteiger partial charge in [0.1, 0.15) is 17.6 Å². The maximum atomic E-state index is 12.3. The number of hydrogen-bond acceptors (Lipinski definition) is 5. The van der Waals surface area contributed by atoms with Crippen molar-refractivity contribution in [1.82, 2.24) is 4.98 Å². The smallest absolute Gasteiger partial charge is 0.255 e. The van der Waals surface area contributed by atoms with Crippen LogP contribution in [0.2, 0.25) is 0 Å². The number of hydrogen-bond donors (Lipinski definition) is 2. The van der Waals surface area contributed by atoms with Crippen LogP contribution in [-0.2, 0) is 0 Å². The first kappa shape index (κ1) is 17.0. The fourth-order valence-electron chi connectivity index (χ4n) is 2.34. The van der Waals surface area contributed by atoms with Crippen molar-refractivity contribution in [3.63, 3.8) is 0 Å². The monoisotopic (exact) mass is 344 g/mol. The number of carbonyl (C=O) groups excluding carboxylic acids is 1. The van der Waals surface area contributed by atoms with Crippen LogP contribution in [0.3, 0.4) is 0 Å². The minimum absolute atomic E-state index is 0.249. The van der Waals surface area contributed by atoms with Gasteiger partial charge in [-0.15, -0.1) is 0 Å². The maximum Gasteiger partial charge on any atom is 0.255 e. The number of anilines is 3. The van der Waals surface area contributed by atoms with E-state index in [0.717, 1.165) is 0 Å². The Morgan fingerprint density at radius 1 is 1.12 bits per heavy atom. The van der Waals surface area contributed by atoms with Gasteiger partial charge in [-0.05, 0) is 42.5 Å². The predicted octanol–water partition coefficient (Wildman–Crippen LogP) is 3.96. The molecule has 3 rings (SSSR count). The Hall–Kier alpha value is -3.85. The van der Waals surface area contributed by atoms with Gasteiger partial charge in [-0.2, -0.15) is 5.26 Å². The van der Waals surface area contributed by atoms with E-state index in [1.807, 2.05) is 6.07 Å². The Bertz CT molecular complexity index is 962. The molecule has 0 aliphatic heterocycles. The fraction of sp³-hybridized carbons (Fsp3) is 0.0500. The quantitative estimate of drug-likeness (QED) is 0.731. The van der Waals surface area contributed by atoms with Crippen LogP contribution in [0.25, 0.3) is 0 Å². The molecule has 1 heterocycles. The molecule has 0 unspecified atom stereocenters. The largest absolute Gasteiger partial charge is 0.497 e. The second-order valence-electron chi connectivity index (χ2n) is 5.40. The van der Waals surface area contributed by atoms with E-state index in [9.17, 15) is 4.79 Å². The second kappa shape index (κ2) is 7.81. The summed E-state index contributed by atoms with van der Waals surface area (Å²) in [7, 11) is 1.55. The maximum absolute atomic E-state index is 12.3. The molecule has 0 saturated carbocycles. The summed E-state index contributed by atoms with van der Waals surface area (Å²) in [5, 5.41) is 15.0. The van der Waals surface area contributed by atoms with E-state index < -0.39 is 0 Å². The van der Waals surface area contributed by atoms with Gasteiger partial charge in [-0.25, -0.2) is 4.98 Å². The van der Waals surface area contributed by atoms with Crippen molar-refractivity contribution in [2.75, 3.05) is 17.7 Å². The molecule has 0 aliphatic carbocycles. The SMILES string of the molecule is COc1cccc(C(=O)Nc2ccc(Nc3ccccc3C#N)nc2)c1. The molecule has 2 N–H and O–H groups in total. The lowest BCUT2D eigenvalue weighted by molar-refractivity contribution is 0.102. The molecule has 6 heteroatoms. The molecular weight excluding hydrogens is 328 g/mol. The molecule has 0 aliphatic rings. The summed E-state index contributed by atoms with van der Waals surface area (Å²) >= 11 is 0. The van der Waals surface area contributed by atoms with Crippen LogP contribution >= 0.6 is 0 Å². The second-order valence-corrected chi connectivity index (χ2v) is 5.40. The summed E-state index contributed by atoms with van der Waals surface area (Å²) in [6.45, 7) is 0.